The summed E-state index contributed by atoms with van der Waals surface area (Å²) in [5.41, 5.74) is 14.7. The van der Waals surface area contributed by atoms with Crippen molar-refractivity contribution in [3.05, 3.63) is 59.7 Å². The number of nitrogens with zero attached hydrogens (tertiary/aromatic N) is 1. The largest absolute Gasteiger partial charge is 0.481 e. The van der Waals surface area contributed by atoms with E-state index in [1.54, 1.807) is 0 Å². The molecule has 1 heterocycles. The second kappa shape index (κ2) is 9.80. The van der Waals surface area contributed by atoms with Gasteiger partial charge in [0.2, 0.25) is 0 Å². The Kier molecular flexibility index (Phi) is 6.83. The fourth-order valence-corrected chi connectivity index (χ4v) is 6.84. The lowest BCUT2D eigenvalue weighted by atomic mass is 9.43. The molecule has 5 N–H and O–H groups in total. The average molecular weight is 502 g/mol. The number of rotatable bonds is 8. The van der Waals surface area contributed by atoms with E-state index in [-0.39, 0.29) is 34.9 Å². The summed E-state index contributed by atoms with van der Waals surface area (Å²) in [5.74, 6) is 0.764. The summed E-state index contributed by atoms with van der Waals surface area (Å²) in [5, 5.41) is 3.24. The Morgan fingerprint density at radius 2 is 1.89 bits per heavy atom. The minimum absolute atomic E-state index is 0.0540. The van der Waals surface area contributed by atoms with E-state index in [2.05, 4.69) is 49.3 Å². The molecule has 196 valence electrons. The molecule has 1 aliphatic heterocycles. The van der Waals surface area contributed by atoms with Crippen molar-refractivity contribution in [2.45, 2.75) is 71.0 Å². The number of aliphatic imine (C=N–C) groups is 1. The molecule has 7 nitrogen and oxygen atoms in total. The van der Waals surface area contributed by atoms with E-state index in [1.165, 1.54) is 6.42 Å². The molecule has 3 aliphatic carbocycles. The first-order valence-electron chi connectivity index (χ1n) is 13.4. The van der Waals surface area contributed by atoms with Crippen molar-refractivity contribution in [2.24, 2.45) is 33.7 Å². The van der Waals surface area contributed by atoms with Crippen LogP contribution in [0.3, 0.4) is 0 Å². The molecule has 5 atom stereocenters. The Morgan fingerprint density at radius 1 is 1.14 bits per heavy atom. The number of nitrogens with one attached hydrogen (secondary N) is 1. The fourth-order valence-electron chi connectivity index (χ4n) is 6.84. The number of hydrogen-bond donors (Lipinski definition) is 3. The van der Waals surface area contributed by atoms with Crippen LogP contribution in [0.2, 0.25) is 0 Å². The van der Waals surface area contributed by atoms with E-state index in [9.17, 15) is 4.79 Å². The van der Waals surface area contributed by atoms with Crippen LogP contribution in [-0.2, 0) is 9.31 Å². The van der Waals surface area contributed by atoms with Crippen LogP contribution in [-0.4, -0.2) is 43.2 Å². The Balaban J connectivity index is 1.33. The number of nitrogens with two attached hydrogens (primary N) is 2. The van der Waals surface area contributed by atoms with Gasteiger partial charge in [-0.3, -0.25) is 9.79 Å². The number of benzene rings is 2. The molecule has 2 bridgehead atoms. The maximum atomic E-state index is 13.5. The maximum absolute atomic E-state index is 13.5. The molecule has 8 heteroatoms. The highest BCUT2D eigenvalue weighted by molar-refractivity contribution is 6.48. The molecule has 0 spiro atoms. The molecule has 37 heavy (non-hydrogen) atoms. The molecule has 2 unspecified atom stereocenters. The third-order valence-corrected chi connectivity index (χ3v) is 9.16. The summed E-state index contributed by atoms with van der Waals surface area (Å²) in [4.78, 5) is 17.6. The van der Waals surface area contributed by atoms with E-state index < -0.39 is 7.12 Å². The molecule has 4 fully saturated rings. The highest BCUT2D eigenvalue weighted by Gasteiger charge is 2.68. The van der Waals surface area contributed by atoms with Crippen LogP contribution in [0.4, 0.5) is 0 Å². The SMILES string of the molecule is Cc1cc(-c2ccccc2)ccc1C(=O)N[C@@H](CCCN=C(N)N)B1O[C@@H]2CC3CC(C3(C)C)[C@]2(C)O1. The van der Waals surface area contributed by atoms with Crippen LogP contribution >= 0.6 is 0 Å². The van der Waals surface area contributed by atoms with Gasteiger partial charge in [-0.15, -0.1) is 0 Å². The van der Waals surface area contributed by atoms with Crippen LogP contribution < -0.4 is 16.8 Å². The maximum Gasteiger partial charge on any atom is 0.481 e. The number of carbonyl (C=O) groups excluding carboxylic acids is 1. The van der Waals surface area contributed by atoms with Gasteiger partial charge < -0.3 is 26.1 Å². The minimum atomic E-state index is -0.503. The van der Waals surface area contributed by atoms with E-state index >= 15 is 0 Å². The monoisotopic (exact) mass is 502 g/mol. The zero-order chi connectivity index (χ0) is 26.4. The molecule has 4 aliphatic rings. The lowest BCUT2D eigenvalue weighted by molar-refractivity contribution is -0.199. The third kappa shape index (κ3) is 4.77. The summed E-state index contributed by atoms with van der Waals surface area (Å²) in [7, 11) is -0.503. The van der Waals surface area contributed by atoms with Gasteiger partial charge in [0.15, 0.2) is 5.96 Å². The third-order valence-electron chi connectivity index (χ3n) is 9.16. The second-order valence-corrected chi connectivity index (χ2v) is 11.8. The molecule has 3 saturated carbocycles. The number of aryl methyl sites for hydroxylation is 1. The summed E-state index contributed by atoms with van der Waals surface area (Å²) in [6, 6.07) is 16.1. The van der Waals surface area contributed by atoms with Gasteiger partial charge in [-0.25, -0.2) is 0 Å². The molecular weight excluding hydrogens is 463 g/mol. The predicted octanol–water partition coefficient (Wildman–Crippen LogP) is 4.08. The van der Waals surface area contributed by atoms with Crippen molar-refractivity contribution >= 4 is 19.0 Å². The van der Waals surface area contributed by atoms with Crippen LogP contribution in [0.25, 0.3) is 11.1 Å². The first-order valence-corrected chi connectivity index (χ1v) is 13.4. The van der Waals surface area contributed by atoms with E-state index in [1.807, 2.05) is 37.3 Å². The molecule has 1 amide bonds. The highest BCUT2D eigenvalue weighted by Crippen LogP contribution is 2.65. The van der Waals surface area contributed by atoms with Gasteiger partial charge in [-0.1, -0.05) is 56.3 Å². The van der Waals surface area contributed by atoms with Crippen molar-refractivity contribution in [1.82, 2.24) is 5.32 Å². The van der Waals surface area contributed by atoms with Crippen molar-refractivity contribution in [1.29, 1.82) is 0 Å². The number of amides is 1. The van der Waals surface area contributed by atoms with Gasteiger partial charge in [0.05, 0.1) is 17.6 Å². The molecule has 2 aromatic rings. The normalized spacial score (nSPS) is 28.1. The standard InChI is InChI=1S/C29H39BN4O3/c1-18-15-20(19-9-6-5-7-10-19)12-13-22(18)26(35)34-25(11-8-14-33-27(31)32)30-36-24-17-21-16-23(28(21,2)3)29(24,4)37-30/h5-7,9-10,12-13,15,21,23-25H,8,11,14,16-17H2,1-4H3,(H,34,35)(H4,31,32,33)/t21?,23?,24-,25+,29+/m1/s1. The molecule has 6 rings (SSSR count). The molecular formula is C29H39BN4O3. The smallest absolute Gasteiger partial charge is 0.404 e. The average Bonchev–Trinajstić information content (AvgIpc) is 3.23. The molecule has 0 aromatic heterocycles. The molecule has 0 radical (unpaired) electrons. The first-order chi connectivity index (χ1) is 17.6. The second-order valence-electron chi connectivity index (χ2n) is 11.8. The molecule has 1 saturated heterocycles. The first kappa shape index (κ1) is 25.8. The van der Waals surface area contributed by atoms with Crippen LogP contribution in [0.1, 0.15) is 62.4 Å². The summed E-state index contributed by atoms with van der Waals surface area (Å²) in [6.07, 6.45) is 3.60. The Labute approximate surface area is 220 Å². The van der Waals surface area contributed by atoms with Crippen molar-refractivity contribution in [3.63, 3.8) is 0 Å². The van der Waals surface area contributed by atoms with Gasteiger partial charge in [0.1, 0.15) is 0 Å². The van der Waals surface area contributed by atoms with E-state index in [4.69, 9.17) is 20.8 Å². The Morgan fingerprint density at radius 3 is 2.57 bits per heavy atom. The zero-order valence-corrected chi connectivity index (χ0v) is 22.4. The van der Waals surface area contributed by atoms with E-state index in [0.717, 1.165) is 23.1 Å². The van der Waals surface area contributed by atoms with Crippen molar-refractivity contribution in [3.8, 4) is 11.1 Å². The number of hydrogen-bond acceptors (Lipinski definition) is 4. The van der Waals surface area contributed by atoms with Gasteiger partial charge in [-0.2, -0.15) is 0 Å². The predicted molar refractivity (Wildman–Crippen MR) is 148 cm³/mol. The van der Waals surface area contributed by atoms with Gasteiger partial charge in [-0.05, 0) is 79.5 Å². The summed E-state index contributed by atoms with van der Waals surface area (Å²) < 4.78 is 13.2. The van der Waals surface area contributed by atoms with Crippen LogP contribution in [0.5, 0.6) is 0 Å². The highest BCUT2D eigenvalue weighted by atomic mass is 16.7. The minimum Gasteiger partial charge on any atom is -0.404 e. The fraction of sp³-hybridized carbons (Fsp3) is 0.517. The Hall–Kier alpha value is -2.84. The van der Waals surface area contributed by atoms with Gasteiger partial charge in [0, 0.05) is 12.1 Å². The van der Waals surface area contributed by atoms with Crippen molar-refractivity contribution in [2.75, 3.05) is 6.54 Å². The van der Waals surface area contributed by atoms with Gasteiger partial charge >= 0.3 is 7.12 Å². The van der Waals surface area contributed by atoms with Crippen molar-refractivity contribution < 1.29 is 14.1 Å². The topological polar surface area (TPSA) is 112 Å². The Bertz CT molecular complexity index is 1180. The lowest BCUT2D eigenvalue weighted by Gasteiger charge is -2.64. The summed E-state index contributed by atoms with van der Waals surface area (Å²) in [6.45, 7) is 9.36. The lowest BCUT2D eigenvalue weighted by Crippen LogP contribution is -2.65. The number of guanidine groups is 1. The number of carbonyl (C=O) groups is 1. The summed E-state index contributed by atoms with van der Waals surface area (Å²) >= 11 is 0. The molecule has 2 aromatic carbocycles. The quantitative estimate of drug-likeness (QED) is 0.218. The van der Waals surface area contributed by atoms with Gasteiger partial charge in [0.25, 0.3) is 5.91 Å². The van der Waals surface area contributed by atoms with Crippen LogP contribution in [0.15, 0.2) is 53.5 Å². The zero-order valence-electron chi connectivity index (χ0n) is 22.4. The van der Waals surface area contributed by atoms with E-state index in [0.29, 0.717) is 36.8 Å². The van der Waals surface area contributed by atoms with Crippen LogP contribution in [0, 0.1) is 24.2 Å².